The first-order valence-corrected chi connectivity index (χ1v) is 8.08. The summed E-state index contributed by atoms with van der Waals surface area (Å²) in [7, 11) is 0. The second kappa shape index (κ2) is 8.49. The highest BCUT2D eigenvalue weighted by molar-refractivity contribution is 6.30. The van der Waals surface area contributed by atoms with Crippen molar-refractivity contribution in [3.8, 4) is 6.07 Å². The number of nitrogens with zero attached hydrogens (tertiary/aromatic N) is 2. The first-order chi connectivity index (χ1) is 11.5. The summed E-state index contributed by atoms with van der Waals surface area (Å²) in [5, 5.41) is 18.7. The van der Waals surface area contributed by atoms with Crippen LogP contribution >= 0.6 is 11.6 Å². The summed E-state index contributed by atoms with van der Waals surface area (Å²) in [6.07, 6.45) is 0.502. The number of aliphatic hydroxyl groups is 1. The van der Waals surface area contributed by atoms with Crippen LogP contribution in [-0.4, -0.2) is 29.1 Å². The molecule has 2 rings (SSSR count). The zero-order valence-electron chi connectivity index (χ0n) is 13.5. The maximum Gasteiger partial charge on any atom is 0.254 e. The van der Waals surface area contributed by atoms with E-state index >= 15 is 0 Å². The van der Waals surface area contributed by atoms with Crippen molar-refractivity contribution in [2.24, 2.45) is 0 Å². The minimum Gasteiger partial charge on any atom is -0.396 e. The van der Waals surface area contributed by atoms with Crippen molar-refractivity contribution in [1.82, 2.24) is 4.90 Å². The molecular formula is C19H19ClN2O2. The fourth-order valence-corrected chi connectivity index (χ4v) is 2.73. The molecule has 0 aliphatic rings. The number of rotatable bonds is 6. The molecule has 24 heavy (non-hydrogen) atoms. The van der Waals surface area contributed by atoms with Crippen LogP contribution in [0.5, 0.6) is 0 Å². The monoisotopic (exact) mass is 342 g/mol. The molecule has 2 aromatic carbocycles. The molecule has 124 valence electrons. The smallest absolute Gasteiger partial charge is 0.254 e. The molecule has 0 radical (unpaired) electrons. The molecule has 2 aromatic rings. The van der Waals surface area contributed by atoms with E-state index in [-0.39, 0.29) is 12.5 Å². The second-order valence-electron chi connectivity index (χ2n) is 5.58. The van der Waals surface area contributed by atoms with Gasteiger partial charge in [-0.25, -0.2) is 0 Å². The third-order valence-electron chi connectivity index (χ3n) is 3.72. The van der Waals surface area contributed by atoms with Crippen LogP contribution in [0.1, 0.15) is 33.5 Å². The van der Waals surface area contributed by atoms with Crippen molar-refractivity contribution in [3.05, 3.63) is 69.7 Å². The van der Waals surface area contributed by atoms with Gasteiger partial charge in [0, 0.05) is 30.3 Å². The number of hydrogen-bond donors (Lipinski definition) is 1. The summed E-state index contributed by atoms with van der Waals surface area (Å²) in [4.78, 5) is 14.6. The molecule has 1 N–H and O–H groups in total. The summed E-state index contributed by atoms with van der Waals surface area (Å²) in [5.74, 6) is -0.120. The Morgan fingerprint density at radius 3 is 2.71 bits per heavy atom. The highest BCUT2D eigenvalue weighted by Gasteiger charge is 2.18. The normalized spacial score (nSPS) is 10.2. The fourth-order valence-electron chi connectivity index (χ4n) is 2.51. The maximum absolute atomic E-state index is 12.9. The van der Waals surface area contributed by atoms with Crippen molar-refractivity contribution in [2.45, 2.75) is 19.9 Å². The number of aliphatic hydroxyl groups excluding tert-OH is 1. The molecule has 0 heterocycles. The van der Waals surface area contributed by atoms with Gasteiger partial charge in [-0.1, -0.05) is 23.7 Å². The van der Waals surface area contributed by atoms with Crippen molar-refractivity contribution < 1.29 is 9.90 Å². The van der Waals surface area contributed by atoms with Gasteiger partial charge < -0.3 is 10.0 Å². The molecule has 0 atom stereocenters. The first kappa shape index (κ1) is 18.0. The van der Waals surface area contributed by atoms with Crippen LogP contribution in [0.4, 0.5) is 0 Å². The van der Waals surface area contributed by atoms with Gasteiger partial charge >= 0.3 is 0 Å². The van der Waals surface area contributed by atoms with E-state index < -0.39 is 0 Å². The predicted octanol–water partition coefficient (Wildman–Crippen LogP) is 3.54. The van der Waals surface area contributed by atoms with Crippen LogP contribution < -0.4 is 0 Å². The van der Waals surface area contributed by atoms with E-state index in [1.807, 2.05) is 25.1 Å². The number of halogens is 1. The first-order valence-electron chi connectivity index (χ1n) is 7.70. The van der Waals surface area contributed by atoms with E-state index in [4.69, 9.17) is 22.0 Å². The highest BCUT2D eigenvalue weighted by atomic mass is 35.5. The third-order valence-corrected chi connectivity index (χ3v) is 3.96. The van der Waals surface area contributed by atoms with Crippen molar-refractivity contribution >= 4 is 17.5 Å². The van der Waals surface area contributed by atoms with Gasteiger partial charge in [0.2, 0.25) is 0 Å². The standard InChI is InChI=1S/C19H19ClN2O2/c1-14-10-15(12-21)6-7-18(14)19(24)22(8-3-9-23)13-16-4-2-5-17(20)11-16/h2,4-7,10-11,23H,3,8-9,13H2,1H3. The predicted molar refractivity (Wildman–Crippen MR) is 93.8 cm³/mol. The van der Waals surface area contributed by atoms with Gasteiger partial charge in [-0.3, -0.25) is 4.79 Å². The van der Waals surface area contributed by atoms with E-state index in [0.29, 0.717) is 35.7 Å². The molecule has 4 nitrogen and oxygen atoms in total. The number of nitriles is 1. The van der Waals surface area contributed by atoms with Crippen molar-refractivity contribution in [2.75, 3.05) is 13.2 Å². The quantitative estimate of drug-likeness (QED) is 0.873. The summed E-state index contributed by atoms with van der Waals surface area (Å²) in [6.45, 7) is 2.70. The molecule has 0 aliphatic carbocycles. The van der Waals surface area contributed by atoms with Gasteiger partial charge in [-0.2, -0.15) is 5.26 Å². The number of hydrogen-bond acceptors (Lipinski definition) is 3. The molecule has 0 aliphatic heterocycles. The topological polar surface area (TPSA) is 64.3 Å². The van der Waals surface area contributed by atoms with Gasteiger partial charge in [0.25, 0.3) is 5.91 Å². The summed E-state index contributed by atoms with van der Waals surface area (Å²) >= 11 is 6.01. The number of aryl methyl sites for hydroxylation is 1. The lowest BCUT2D eigenvalue weighted by molar-refractivity contribution is 0.0731. The Labute approximate surface area is 146 Å². The van der Waals surface area contributed by atoms with E-state index in [1.165, 1.54) is 0 Å². The van der Waals surface area contributed by atoms with E-state index in [2.05, 4.69) is 6.07 Å². The van der Waals surface area contributed by atoms with Gasteiger partial charge in [0.05, 0.1) is 11.6 Å². The second-order valence-corrected chi connectivity index (χ2v) is 6.01. The Morgan fingerprint density at radius 1 is 1.29 bits per heavy atom. The Kier molecular flexibility index (Phi) is 6.36. The number of carbonyl (C=O) groups excluding carboxylic acids is 1. The van der Waals surface area contributed by atoms with Crippen LogP contribution in [0, 0.1) is 18.3 Å². The van der Waals surface area contributed by atoms with Crippen LogP contribution in [0.25, 0.3) is 0 Å². The SMILES string of the molecule is Cc1cc(C#N)ccc1C(=O)N(CCCO)Cc1cccc(Cl)c1. The largest absolute Gasteiger partial charge is 0.396 e. The zero-order valence-corrected chi connectivity index (χ0v) is 14.3. The Morgan fingerprint density at radius 2 is 2.08 bits per heavy atom. The zero-order chi connectivity index (χ0) is 17.5. The minimum atomic E-state index is -0.120. The van der Waals surface area contributed by atoms with Gasteiger partial charge in [-0.15, -0.1) is 0 Å². The van der Waals surface area contributed by atoms with E-state index in [0.717, 1.165) is 11.1 Å². The lowest BCUT2D eigenvalue weighted by Crippen LogP contribution is -2.32. The van der Waals surface area contributed by atoms with Crippen LogP contribution in [-0.2, 0) is 6.54 Å². The highest BCUT2D eigenvalue weighted by Crippen LogP contribution is 2.17. The summed E-state index contributed by atoms with van der Waals surface area (Å²) in [6, 6.07) is 14.5. The fraction of sp³-hybridized carbons (Fsp3) is 0.263. The minimum absolute atomic E-state index is 0.0195. The van der Waals surface area contributed by atoms with Crippen molar-refractivity contribution in [3.63, 3.8) is 0 Å². The Hall–Kier alpha value is -2.35. The summed E-state index contributed by atoms with van der Waals surface area (Å²) in [5.41, 5.74) is 2.79. The maximum atomic E-state index is 12.9. The van der Waals surface area contributed by atoms with E-state index in [1.54, 1.807) is 29.2 Å². The average molecular weight is 343 g/mol. The van der Waals surface area contributed by atoms with Gasteiger partial charge in [0.1, 0.15) is 0 Å². The molecule has 0 fully saturated rings. The molecule has 5 heteroatoms. The number of benzene rings is 2. The molecule has 0 saturated heterocycles. The molecular weight excluding hydrogens is 324 g/mol. The molecule has 0 aromatic heterocycles. The molecule has 0 bridgehead atoms. The van der Waals surface area contributed by atoms with Crippen LogP contribution in [0.3, 0.4) is 0 Å². The van der Waals surface area contributed by atoms with Gasteiger partial charge in [-0.05, 0) is 54.8 Å². The van der Waals surface area contributed by atoms with Gasteiger partial charge in [0.15, 0.2) is 0 Å². The van der Waals surface area contributed by atoms with E-state index in [9.17, 15) is 4.79 Å². The molecule has 0 saturated carbocycles. The third kappa shape index (κ3) is 4.58. The molecule has 1 amide bonds. The molecule has 0 spiro atoms. The van der Waals surface area contributed by atoms with Crippen LogP contribution in [0.15, 0.2) is 42.5 Å². The number of amides is 1. The average Bonchev–Trinajstić information content (AvgIpc) is 2.58. The lowest BCUT2D eigenvalue weighted by atomic mass is 10.0. The van der Waals surface area contributed by atoms with Crippen LogP contribution in [0.2, 0.25) is 5.02 Å². The molecule has 0 unspecified atom stereocenters. The Bertz CT molecular complexity index is 768. The summed E-state index contributed by atoms with van der Waals surface area (Å²) < 4.78 is 0. The number of carbonyl (C=O) groups is 1. The Balaban J connectivity index is 2.26. The van der Waals surface area contributed by atoms with Crippen molar-refractivity contribution in [1.29, 1.82) is 5.26 Å². The lowest BCUT2D eigenvalue weighted by Gasteiger charge is -2.23.